The van der Waals surface area contributed by atoms with Crippen LogP contribution in [0.25, 0.3) is 0 Å². The molecular weight excluding hydrogens is 407 g/mol. The molecule has 31 heavy (non-hydrogen) atoms. The van der Waals surface area contributed by atoms with Gasteiger partial charge in [-0.15, -0.1) is 0 Å². The summed E-state index contributed by atoms with van der Waals surface area (Å²) in [5.74, 6) is -2.40. The molecule has 2 N–H and O–H groups in total. The zero-order valence-electron chi connectivity index (χ0n) is 16.8. The third kappa shape index (κ3) is 3.54. The van der Waals surface area contributed by atoms with Crippen molar-refractivity contribution < 1.29 is 17.9 Å². The number of fused-ring (bicyclic) bond motifs is 1. The first-order valence-electron chi connectivity index (χ1n) is 9.56. The Morgan fingerprint density at radius 2 is 1.74 bits per heavy atom. The molecule has 0 unspecified atom stereocenters. The second-order valence-electron chi connectivity index (χ2n) is 7.55. The second-order valence-corrected chi connectivity index (χ2v) is 7.55. The van der Waals surface area contributed by atoms with E-state index in [4.69, 9.17) is 10.5 Å². The summed E-state index contributed by atoms with van der Waals surface area (Å²) in [6, 6.07) is 17.4. The third-order valence-electron chi connectivity index (χ3n) is 5.46. The lowest BCUT2D eigenvalue weighted by Gasteiger charge is -2.37. The summed E-state index contributed by atoms with van der Waals surface area (Å²) < 4.78 is 47.8. The number of halogens is 3. The smallest absolute Gasteiger partial charge is 0.431 e. The molecule has 0 saturated heterocycles. The number of nitrogens with two attached hydrogens (primary N) is 1. The minimum atomic E-state index is -4.70. The van der Waals surface area contributed by atoms with Crippen molar-refractivity contribution in [3.05, 3.63) is 71.6 Å². The highest BCUT2D eigenvalue weighted by Crippen LogP contribution is 2.48. The fraction of sp³-hybridized carbons (Fsp3) is 0.273. The molecule has 2 aromatic rings. The lowest BCUT2D eigenvalue weighted by atomic mass is 9.76. The number of alkyl halides is 3. The van der Waals surface area contributed by atoms with E-state index in [9.17, 15) is 18.4 Å². The topological polar surface area (TPSA) is 77.9 Å². The summed E-state index contributed by atoms with van der Waals surface area (Å²) in [7, 11) is 3.72. The molecule has 160 valence electrons. The van der Waals surface area contributed by atoms with Crippen molar-refractivity contribution in [1.82, 2.24) is 0 Å². The highest BCUT2D eigenvalue weighted by Gasteiger charge is 2.57. The lowest BCUT2D eigenvalue weighted by molar-refractivity contribution is -0.0658. The predicted octanol–water partition coefficient (Wildman–Crippen LogP) is 3.94. The number of hydrogen-bond acceptors (Lipinski definition) is 6. The molecule has 0 aromatic heterocycles. The minimum Gasteiger partial charge on any atom is -0.452 e. The highest BCUT2D eigenvalue weighted by molar-refractivity contribution is 5.96. The number of nitriles is 1. The first-order chi connectivity index (χ1) is 14.7. The zero-order chi connectivity index (χ0) is 22.3. The van der Waals surface area contributed by atoms with Crippen LogP contribution < -0.4 is 15.6 Å². The largest absolute Gasteiger partial charge is 0.452 e. The van der Waals surface area contributed by atoms with Gasteiger partial charge in [0.05, 0.1) is 17.2 Å². The molecule has 0 radical (unpaired) electrons. The number of rotatable bonds is 3. The Morgan fingerprint density at radius 3 is 2.29 bits per heavy atom. The summed E-state index contributed by atoms with van der Waals surface area (Å²) in [5.41, 5.74) is 6.83. The van der Waals surface area contributed by atoms with Crippen LogP contribution in [0.5, 0.6) is 0 Å². The van der Waals surface area contributed by atoms with Crippen molar-refractivity contribution in [3.8, 4) is 6.07 Å². The average Bonchev–Trinajstić information content (AvgIpc) is 3.13. The fourth-order valence-electron chi connectivity index (χ4n) is 4.01. The molecule has 2 aromatic carbocycles. The maximum Gasteiger partial charge on any atom is 0.431 e. The lowest BCUT2D eigenvalue weighted by Crippen LogP contribution is -2.46. The van der Waals surface area contributed by atoms with Gasteiger partial charge in [0.1, 0.15) is 6.07 Å². The first kappa shape index (κ1) is 20.6. The summed E-state index contributed by atoms with van der Waals surface area (Å²) in [6.07, 6.45) is -5.83. The van der Waals surface area contributed by atoms with Crippen LogP contribution in [0.1, 0.15) is 11.5 Å². The van der Waals surface area contributed by atoms with E-state index in [0.717, 1.165) is 5.69 Å². The van der Waals surface area contributed by atoms with Gasteiger partial charge in [0.2, 0.25) is 12.1 Å². The number of hydrazone groups is 1. The van der Waals surface area contributed by atoms with Crippen LogP contribution in [0.15, 0.2) is 71.2 Å². The molecule has 0 aliphatic carbocycles. The van der Waals surface area contributed by atoms with Gasteiger partial charge in [-0.25, -0.2) is 5.01 Å². The number of allylic oxidation sites excluding steroid dienone is 1. The Balaban J connectivity index is 1.87. The Morgan fingerprint density at radius 1 is 1.10 bits per heavy atom. The van der Waals surface area contributed by atoms with E-state index < -0.39 is 30.0 Å². The van der Waals surface area contributed by atoms with Crippen molar-refractivity contribution in [1.29, 1.82) is 5.26 Å². The van der Waals surface area contributed by atoms with E-state index in [-0.39, 0.29) is 11.5 Å². The van der Waals surface area contributed by atoms with E-state index in [1.54, 1.807) is 54.6 Å². The molecular formula is C22H20F3N5O. The standard InChI is InChI=1S/C22H20F3N5O/c1-29(2)14-10-8-13(9-11-14)17-16(12-26)20(27)31-21-18(17)19(22(23,24)25)28-30(21)15-6-4-3-5-7-15/h3-11,17-18,21H,27H2,1-2H3/t17-,18-,21+/m1/s1. The number of ether oxygens (including phenoxy) is 1. The second kappa shape index (κ2) is 7.54. The van der Waals surface area contributed by atoms with Crippen molar-refractivity contribution in [3.63, 3.8) is 0 Å². The van der Waals surface area contributed by atoms with Crippen LogP contribution >= 0.6 is 0 Å². The van der Waals surface area contributed by atoms with Crippen LogP contribution in [-0.2, 0) is 4.74 Å². The van der Waals surface area contributed by atoms with E-state index in [1.165, 1.54) is 5.01 Å². The van der Waals surface area contributed by atoms with Gasteiger partial charge in [0, 0.05) is 25.7 Å². The molecule has 2 aliphatic heterocycles. The molecule has 4 rings (SSSR count). The van der Waals surface area contributed by atoms with Crippen LogP contribution in [0.2, 0.25) is 0 Å². The van der Waals surface area contributed by atoms with Gasteiger partial charge in [0.15, 0.2) is 5.71 Å². The summed E-state index contributed by atoms with van der Waals surface area (Å²) in [4.78, 5) is 1.88. The molecule has 0 spiro atoms. The molecule has 0 bridgehead atoms. The first-order valence-corrected chi connectivity index (χ1v) is 9.56. The normalized spacial score (nSPS) is 23.0. The number of anilines is 2. The Bertz CT molecular complexity index is 1070. The summed E-state index contributed by atoms with van der Waals surface area (Å²) >= 11 is 0. The zero-order valence-corrected chi connectivity index (χ0v) is 16.8. The van der Waals surface area contributed by atoms with E-state index in [0.29, 0.717) is 11.3 Å². The van der Waals surface area contributed by atoms with Crippen molar-refractivity contribution in [2.24, 2.45) is 16.8 Å². The molecule has 9 heteroatoms. The fourth-order valence-corrected chi connectivity index (χ4v) is 4.01. The van der Waals surface area contributed by atoms with Crippen LogP contribution in [0.4, 0.5) is 24.5 Å². The Hall–Kier alpha value is -3.67. The summed E-state index contributed by atoms with van der Waals surface area (Å²) in [6.45, 7) is 0. The summed E-state index contributed by atoms with van der Waals surface area (Å²) in [5, 5.41) is 14.8. The van der Waals surface area contributed by atoms with E-state index in [1.807, 2.05) is 25.1 Å². The number of hydrogen-bond donors (Lipinski definition) is 1. The third-order valence-corrected chi connectivity index (χ3v) is 5.46. The molecule has 6 nitrogen and oxygen atoms in total. The van der Waals surface area contributed by atoms with Gasteiger partial charge in [0.25, 0.3) is 0 Å². The van der Waals surface area contributed by atoms with Crippen LogP contribution in [0, 0.1) is 17.2 Å². The molecule has 0 fully saturated rings. The van der Waals surface area contributed by atoms with Gasteiger partial charge < -0.3 is 15.4 Å². The van der Waals surface area contributed by atoms with Crippen molar-refractivity contribution in [2.75, 3.05) is 24.0 Å². The maximum absolute atomic E-state index is 14.1. The van der Waals surface area contributed by atoms with Crippen molar-refractivity contribution >= 4 is 17.1 Å². The average molecular weight is 427 g/mol. The minimum absolute atomic E-state index is 0.0364. The number of benzene rings is 2. The van der Waals surface area contributed by atoms with Gasteiger partial charge >= 0.3 is 6.18 Å². The quantitative estimate of drug-likeness (QED) is 0.803. The van der Waals surface area contributed by atoms with Gasteiger partial charge in [-0.2, -0.15) is 23.5 Å². The number of nitrogens with zero attached hydrogens (tertiary/aromatic N) is 4. The van der Waals surface area contributed by atoms with E-state index >= 15 is 0 Å². The molecule has 3 atom stereocenters. The van der Waals surface area contributed by atoms with E-state index in [2.05, 4.69) is 5.10 Å². The molecule has 0 saturated carbocycles. The van der Waals surface area contributed by atoms with Crippen molar-refractivity contribution in [2.45, 2.75) is 18.3 Å². The van der Waals surface area contributed by atoms with Gasteiger partial charge in [-0.1, -0.05) is 30.3 Å². The molecule has 2 aliphatic rings. The molecule has 2 heterocycles. The monoisotopic (exact) mass is 427 g/mol. The highest BCUT2D eigenvalue weighted by atomic mass is 19.4. The van der Waals surface area contributed by atoms with Gasteiger partial charge in [-0.3, -0.25) is 0 Å². The van der Waals surface area contributed by atoms with Crippen LogP contribution in [-0.4, -0.2) is 32.2 Å². The number of para-hydroxylation sites is 1. The van der Waals surface area contributed by atoms with Gasteiger partial charge in [-0.05, 0) is 29.8 Å². The Kier molecular flexibility index (Phi) is 5.01. The Labute approximate surface area is 177 Å². The predicted molar refractivity (Wildman–Crippen MR) is 111 cm³/mol. The molecule has 0 amide bonds. The SMILES string of the molecule is CN(C)c1ccc([C@@H]2C(C#N)=C(N)O[C@H]3[C@H]2C(C(F)(F)F)=NN3c2ccccc2)cc1. The maximum atomic E-state index is 14.1. The van der Waals surface area contributed by atoms with Crippen LogP contribution in [0.3, 0.4) is 0 Å².